The van der Waals surface area contributed by atoms with Crippen molar-refractivity contribution in [2.24, 2.45) is 7.05 Å². The Kier molecular flexibility index (Phi) is 4.31. The topological polar surface area (TPSA) is 92.2 Å². The van der Waals surface area contributed by atoms with Gasteiger partial charge in [0.2, 0.25) is 0 Å². The highest BCUT2D eigenvalue weighted by Crippen LogP contribution is 2.31. The molecule has 27 heavy (non-hydrogen) atoms. The van der Waals surface area contributed by atoms with Gasteiger partial charge in [-0.1, -0.05) is 0 Å². The van der Waals surface area contributed by atoms with E-state index in [2.05, 4.69) is 27.1 Å². The van der Waals surface area contributed by atoms with Crippen LogP contribution in [0, 0.1) is 0 Å². The van der Waals surface area contributed by atoms with E-state index in [-0.39, 0.29) is 11.9 Å². The zero-order valence-corrected chi connectivity index (χ0v) is 15.9. The van der Waals surface area contributed by atoms with Crippen LogP contribution in [-0.2, 0) is 11.8 Å². The Balaban J connectivity index is 1.97. The van der Waals surface area contributed by atoms with Crippen LogP contribution >= 0.6 is 0 Å². The maximum Gasteiger partial charge on any atom is 0.255 e. The minimum Gasteiger partial charge on any atom is -0.377 e. The van der Waals surface area contributed by atoms with Crippen molar-refractivity contribution in [3.63, 3.8) is 0 Å². The summed E-state index contributed by atoms with van der Waals surface area (Å²) in [6.07, 6.45) is 1.68. The molecule has 1 amide bonds. The van der Waals surface area contributed by atoms with Crippen molar-refractivity contribution in [2.75, 3.05) is 38.8 Å². The number of aryl methyl sites for hydroxylation is 1. The number of carbonyl (C=O) groups is 1. The number of ether oxygens (including phenoxy) is 1. The first-order valence-electron chi connectivity index (χ1n) is 8.91. The number of amides is 1. The Bertz CT molecular complexity index is 977. The second-order valence-corrected chi connectivity index (χ2v) is 6.98. The van der Waals surface area contributed by atoms with Gasteiger partial charge in [-0.05, 0) is 19.1 Å². The summed E-state index contributed by atoms with van der Waals surface area (Å²) < 4.78 is 7.26. The molecule has 9 nitrogen and oxygen atoms in total. The average Bonchev–Trinajstić information content (AvgIpc) is 3.29. The van der Waals surface area contributed by atoms with Crippen molar-refractivity contribution in [3.05, 3.63) is 23.9 Å². The molecular weight excluding hydrogens is 346 g/mol. The van der Waals surface area contributed by atoms with Crippen LogP contribution in [0.4, 0.5) is 5.82 Å². The van der Waals surface area contributed by atoms with E-state index in [1.807, 2.05) is 19.2 Å². The largest absolute Gasteiger partial charge is 0.377 e. The van der Waals surface area contributed by atoms with Gasteiger partial charge in [0.15, 0.2) is 0 Å². The normalized spacial score (nSPS) is 17.5. The molecule has 0 saturated carbocycles. The summed E-state index contributed by atoms with van der Waals surface area (Å²) in [5, 5.41) is 11.6. The Morgan fingerprint density at radius 1 is 1.41 bits per heavy atom. The van der Waals surface area contributed by atoms with Crippen molar-refractivity contribution in [1.29, 1.82) is 0 Å². The van der Waals surface area contributed by atoms with Crippen molar-refractivity contribution in [3.8, 4) is 11.4 Å². The van der Waals surface area contributed by atoms with E-state index in [0.717, 1.165) is 18.1 Å². The van der Waals surface area contributed by atoms with Gasteiger partial charge >= 0.3 is 0 Å². The highest BCUT2D eigenvalue weighted by atomic mass is 16.5. The summed E-state index contributed by atoms with van der Waals surface area (Å²) in [5.74, 6) is 0.681. The van der Waals surface area contributed by atoms with Crippen LogP contribution in [0.25, 0.3) is 22.4 Å². The predicted octanol–water partition coefficient (Wildman–Crippen LogP) is 1.29. The molecule has 1 N–H and O–H groups in total. The monoisotopic (exact) mass is 369 g/mol. The average molecular weight is 369 g/mol. The number of rotatable bonds is 3. The van der Waals surface area contributed by atoms with E-state index < -0.39 is 0 Å². The number of pyridine rings is 1. The molecule has 0 aromatic carbocycles. The smallest absolute Gasteiger partial charge is 0.255 e. The Morgan fingerprint density at radius 3 is 2.89 bits per heavy atom. The van der Waals surface area contributed by atoms with Crippen LogP contribution in [0.3, 0.4) is 0 Å². The minimum absolute atomic E-state index is 0.0799. The zero-order chi connectivity index (χ0) is 19.1. The second-order valence-electron chi connectivity index (χ2n) is 6.98. The molecule has 3 aromatic rings. The van der Waals surface area contributed by atoms with Crippen LogP contribution < -0.4 is 4.90 Å². The number of H-pyrrole nitrogens is 1. The molecule has 0 aliphatic carbocycles. The molecule has 1 fully saturated rings. The van der Waals surface area contributed by atoms with E-state index in [0.29, 0.717) is 35.5 Å². The minimum atomic E-state index is -0.0799. The fraction of sp³-hybridized carbons (Fsp3) is 0.444. The number of morpholine rings is 1. The molecule has 0 radical (unpaired) electrons. The first kappa shape index (κ1) is 17.5. The van der Waals surface area contributed by atoms with Crippen molar-refractivity contribution < 1.29 is 9.53 Å². The van der Waals surface area contributed by atoms with Crippen LogP contribution in [0.15, 0.2) is 18.3 Å². The number of fused-ring (bicyclic) bond motifs is 1. The number of nitrogens with one attached hydrogen (secondary N) is 1. The first-order valence-corrected chi connectivity index (χ1v) is 8.91. The van der Waals surface area contributed by atoms with E-state index >= 15 is 0 Å². The summed E-state index contributed by atoms with van der Waals surface area (Å²) in [5.41, 5.74) is 3.43. The van der Waals surface area contributed by atoms with Crippen molar-refractivity contribution >= 4 is 22.8 Å². The molecule has 0 spiro atoms. The SMILES string of the molecule is C[C@@H]1COCCN1c1cc(C(=O)N(C)C)c2c(n1)c(-c1ccn[nH]1)nn2C. The van der Waals surface area contributed by atoms with Gasteiger partial charge in [0, 0.05) is 33.9 Å². The quantitative estimate of drug-likeness (QED) is 0.748. The maximum atomic E-state index is 12.9. The zero-order valence-electron chi connectivity index (χ0n) is 15.9. The molecule has 4 heterocycles. The number of aromatic nitrogens is 5. The summed E-state index contributed by atoms with van der Waals surface area (Å²) in [6.45, 7) is 4.10. The second kappa shape index (κ2) is 6.66. The lowest BCUT2D eigenvalue weighted by atomic mass is 10.1. The first-order chi connectivity index (χ1) is 13.0. The number of anilines is 1. The fourth-order valence-corrected chi connectivity index (χ4v) is 3.45. The van der Waals surface area contributed by atoms with Gasteiger partial charge < -0.3 is 14.5 Å². The Hall–Kier alpha value is -2.94. The maximum absolute atomic E-state index is 12.9. The number of carbonyl (C=O) groups excluding carboxylic acids is 1. The molecule has 3 aromatic heterocycles. The van der Waals surface area contributed by atoms with Crippen molar-refractivity contribution in [1.82, 2.24) is 29.9 Å². The van der Waals surface area contributed by atoms with Crippen LogP contribution in [0.2, 0.25) is 0 Å². The van der Waals surface area contributed by atoms with Crippen LogP contribution in [0.1, 0.15) is 17.3 Å². The molecule has 1 atom stereocenters. The fourth-order valence-electron chi connectivity index (χ4n) is 3.45. The summed E-state index contributed by atoms with van der Waals surface area (Å²) >= 11 is 0. The molecule has 1 aliphatic heterocycles. The van der Waals surface area contributed by atoms with Crippen LogP contribution in [0.5, 0.6) is 0 Å². The summed E-state index contributed by atoms with van der Waals surface area (Å²) in [7, 11) is 5.32. The van der Waals surface area contributed by atoms with Crippen molar-refractivity contribution in [2.45, 2.75) is 13.0 Å². The van der Waals surface area contributed by atoms with E-state index in [4.69, 9.17) is 9.72 Å². The third kappa shape index (κ3) is 2.93. The molecular formula is C18H23N7O2. The third-order valence-corrected chi connectivity index (χ3v) is 4.83. The number of hydrogen-bond acceptors (Lipinski definition) is 6. The molecule has 0 bridgehead atoms. The van der Waals surface area contributed by atoms with E-state index in [9.17, 15) is 4.79 Å². The summed E-state index contributed by atoms with van der Waals surface area (Å²) in [4.78, 5) is 21.6. The molecule has 1 aliphatic rings. The van der Waals surface area contributed by atoms with Gasteiger partial charge in [0.25, 0.3) is 5.91 Å². The lowest BCUT2D eigenvalue weighted by Crippen LogP contribution is -2.44. The van der Waals surface area contributed by atoms with Gasteiger partial charge in [-0.25, -0.2) is 4.98 Å². The highest BCUT2D eigenvalue weighted by molar-refractivity contribution is 6.08. The molecule has 142 valence electrons. The Labute approximate surface area is 156 Å². The highest BCUT2D eigenvalue weighted by Gasteiger charge is 2.26. The van der Waals surface area contributed by atoms with E-state index in [1.54, 1.807) is 29.9 Å². The van der Waals surface area contributed by atoms with Gasteiger partial charge in [-0.3, -0.25) is 14.6 Å². The lowest BCUT2D eigenvalue weighted by Gasteiger charge is -2.34. The van der Waals surface area contributed by atoms with E-state index in [1.165, 1.54) is 0 Å². The predicted molar refractivity (Wildman–Crippen MR) is 102 cm³/mol. The number of nitrogens with zero attached hydrogens (tertiary/aromatic N) is 6. The molecule has 1 saturated heterocycles. The van der Waals surface area contributed by atoms with Gasteiger partial charge in [0.1, 0.15) is 22.5 Å². The molecule has 0 unspecified atom stereocenters. The van der Waals surface area contributed by atoms with Gasteiger partial charge in [-0.15, -0.1) is 0 Å². The number of aromatic amines is 1. The Morgan fingerprint density at radius 2 is 2.22 bits per heavy atom. The summed E-state index contributed by atoms with van der Waals surface area (Å²) in [6, 6.07) is 3.89. The van der Waals surface area contributed by atoms with Gasteiger partial charge in [-0.2, -0.15) is 10.2 Å². The number of hydrogen-bond donors (Lipinski definition) is 1. The molecule has 4 rings (SSSR count). The van der Waals surface area contributed by atoms with Gasteiger partial charge in [0.05, 0.1) is 30.5 Å². The van der Waals surface area contributed by atoms with Crippen LogP contribution in [-0.4, -0.2) is 75.7 Å². The lowest BCUT2D eigenvalue weighted by molar-refractivity contribution is 0.0828. The molecule has 9 heteroatoms. The standard InChI is InChI=1S/C18H23N7O2/c1-11-10-27-8-7-25(11)14-9-12(18(26)23(2)3)17-16(20-14)15(22-24(17)4)13-5-6-19-21-13/h5-6,9,11H,7-8,10H2,1-4H3,(H,19,21)/t11-/m1/s1. The third-order valence-electron chi connectivity index (χ3n) is 4.83.